The fourth-order valence-electron chi connectivity index (χ4n) is 2.34. The number of hydrogen-bond donors (Lipinski definition) is 4. The number of rotatable bonds is 7. The monoisotopic (exact) mass is 450 g/mol. The average molecular weight is 451 g/mol. The lowest BCUT2D eigenvalue weighted by molar-refractivity contribution is 0.0990. The van der Waals surface area contributed by atoms with E-state index in [2.05, 4.69) is 31.0 Å². The predicted octanol–water partition coefficient (Wildman–Crippen LogP) is 3.70. The molecule has 7 nitrogen and oxygen atoms in total. The number of oxazole rings is 1. The molecule has 0 aliphatic rings. The molecule has 0 spiro atoms. The van der Waals surface area contributed by atoms with Gasteiger partial charge in [-0.1, -0.05) is 22.0 Å². The first-order valence-electron chi connectivity index (χ1n) is 7.97. The topological polar surface area (TPSA) is 108 Å². The van der Waals surface area contributed by atoms with Gasteiger partial charge in [0.05, 0.1) is 11.9 Å². The SMILES string of the molecule is O=C(Nc1ccc(CCO)c([S+](O)Nc2ccc(Br)cc2)c1)c1ncco1. The van der Waals surface area contributed by atoms with Gasteiger partial charge >= 0.3 is 17.3 Å². The van der Waals surface area contributed by atoms with Gasteiger partial charge in [-0.05, 0) is 30.3 Å². The molecule has 1 heterocycles. The summed E-state index contributed by atoms with van der Waals surface area (Å²) in [5.74, 6) is -0.536. The van der Waals surface area contributed by atoms with Gasteiger partial charge in [0.25, 0.3) is 5.89 Å². The molecule has 4 N–H and O–H groups in total. The van der Waals surface area contributed by atoms with Gasteiger partial charge in [-0.15, -0.1) is 0 Å². The normalized spacial score (nSPS) is 11.8. The van der Waals surface area contributed by atoms with Crippen molar-refractivity contribution in [3.63, 3.8) is 0 Å². The van der Waals surface area contributed by atoms with Crippen molar-refractivity contribution in [3.05, 3.63) is 70.9 Å². The quantitative estimate of drug-likeness (QED) is 0.408. The van der Waals surface area contributed by atoms with Crippen LogP contribution in [0.25, 0.3) is 0 Å². The molecule has 0 radical (unpaired) electrons. The lowest BCUT2D eigenvalue weighted by atomic mass is 10.1. The molecule has 140 valence electrons. The Bertz CT molecular complexity index is 903. The molecule has 3 aromatic rings. The number of halogens is 1. The van der Waals surface area contributed by atoms with Crippen molar-refractivity contribution < 1.29 is 18.9 Å². The summed E-state index contributed by atoms with van der Waals surface area (Å²) < 4.78 is 19.6. The van der Waals surface area contributed by atoms with Crippen LogP contribution in [0.2, 0.25) is 0 Å². The third kappa shape index (κ3) is 5.10. The zero-order valence-electron chi connectivity index (χ0n) is 14.1. The van der Waals surface area contributed by atoms with E-state index in [0.29, 0.717) is 17.0 Å². The number of amides is 1. The van der Waals surface area contributed by atoms with E-state index in [9.17, 15) is 14.5 Å². The third-order valence-corrected chi connectivity index (χ3v) is 5.35. The Hall–Kier alpha value is -2.33. The number of aliphatic hydroxyl groups is 1. The lowest BCUT2D eigenvalue weighted by Crippen LogP contribution is -2.17. The van der Waals surface area contributed by atoms with Gasteiger partial charge in [-0.25, -0.2) is 4.98 Å². The second-order valence-corrected chi connectivity index (χ2v) is 7.61. The molecule has 1 atom stereocenters. The number of nitrogens with zero attached hydrogens (tertiary/aromatic N) is 1. The first-order chi connectivity index (χ1) is 13.1. The molecule has 27 heavy (non-hydrogen) atoms. The van der Waals surface area contributed by atoms with Gasteiger partial charge in [0, 0.05) is 34.8 Å². The second kappa shape index (κ2) is 9.05. The Kier molecular flexibility index (Phi) is 6.51. The maximum atomic E-state index is 12.1. The molecule has 1 unspecified atom stereocenters. The fourth-order valence-corrected chi connectivity index (χ4v) is 3.73. The van der Waals surface area contributed by atoms with E-state index in [1.807, 2.05) is 24.3 Å². The van der Waals surface area contributed by atoms with E-state index in [-0.39, 0.29) is 12.5 Å². The van der Waals surface area contributed by atoms with E-state index < -0.39 is 17.3 Å². The Morgan fingerprint density at radius 2 is 1.93 bits per heavy atom. The summed E-state index contributed by atoms with van der Waals surface area (Å²) in [7, 11) is 0. The molecule has 0 aliphatic carbocycles. The largest absolute Gasteiger partial charge is 0.441 e. The first-order valence-corrected chi connectivity index (χ1v) is 9.94. The highest BCUT2D eigenvalue weighted by molar-refractivity contribution is 9.10. The van der Waals surface area contributed by atoms with Gasteiger partial charge in [-0.2, -0.15) is 9.27 Å². The van der Waals surface area contributed by atoms with E-state index >= 15 is 0 Å². The van der Waals surface area contributed by atoms with Crippen molar-refractivity contribution >= 4 is 44.6 Å². The molecular formula is C18H17BrN3O4S+. The van der Waals surface area contributed by atoms with Crippen LogP contribution in [0.15, 0.2) is 68.7 Å². The van der Waals surface area contributed by atoms with Gasteiger partial charge in [0.1, 0.15) is 6.26 Å². The number of hydrogen-bond acceptors (Lipinski definition) is 6. The van der Waals surface area contributed by atoms with Crippen LogP contribution < -0.4 is 10.0 Å². The van der Waals surface area contributed by atoms with Gasteiger partial charge in [-0.3, -0.25) is 4.79 Å². The van der Waals surface area contributed by atoms with Crippen molar-refractivity contribution in [2.24, 2.45) is 0 Å². The van der Waals surface area contributed by atoms with E-state index in [4.69, 9.17) is 4.42 Å². The van der Waals surface area contributed by atoms with Crippen molar-refractivity contribution in [2.45, 2.75) is 11.3 Å². The van der Waals surface area contributed by atoms with Gasteiger partial charge < -0.3 is 14.8 Å². The van der Waals surface area contributed by atoms with Crippen molar-refractivity contribution in [3.8, 4) is 0 Å². The molecule has 1 aromatic heterocycles. The van der Waals surface area contributed by atoms with Crippen LogP contribution in [0.3, 0.4) is 0 Å². The Balaban J connectivity index is 1.82. The number of aliphatic hydroxyl groups excluding tert-OH is 1. The molecule has 0 fully saturated rings. The molecular weight excluding hydrogens is 434 g/mol. The molecule has 2 aromatic carbocycles. The number of carbonyl (C=O) groups is 1. The highest BCUT2D eigenvalue weighted by Crippen LogP contribution is 2.25. The van der Waals surface area contributed by atoms with Gasteiger partial charge in [0.2, 0.25) is 4.90 Å². The highest BCUT2D eigenvalue weighted by atomic mass is 79.9. The van der Waals surface area contributed by atoms with Crippen LogP contribution in [0, 0.1) is 0 Å². The van der Waals surface area contributed by atoms with Crippen molar-refractivity contribution in [1.29, 1.82) is 0 Å². The Labute approximate surface area is 167 Å². The van der Waals surface area contributed by atoms with Crippen LogP contribution >= 0.6 is 15.9 Å². The number of nitrogens with one attached hydrogen (secondary N) is 2. The summed E-state index contributed by atoms with van der Waals surface area (Å²) in [6.45, 7) is -0.0511. The molecule has 9 heteroatoms. The summed E-state index contributed by atoms with van der Waals surface area (Å²) in [4.78, 5) is 16.5. The standard InChI is InChI=1S/C18H16BrN3O4S/c19-13-2-5-14(6-3-13)22-27(25)16-11-15(4-1-12(16)7-9-23)21-17(24)18-20-8-10-26-18/h1-6,8,10-11,22-23,25H,7,9H2/p+1. The third-order valence-electron chi connectivity index (χ3n) is 3.60. The summed E-state index contributed by atoms with van der Waals surface area (Å²) >= 11 is 2.04. The Morgan fingerprint density at radius 3 is 2.59 bits per heavy atom. The molecule has 0 bridgehead atoms. The summed E-state index contributed by atoms with van der Waals surface area (Å²) in [6.07, 6.45) is 3.09. The summed E-state index contributed by atoms with van der Waals surface area (Å²) in [5, 5.41) is 12.0. The van der Waals surface area contributed by atoms with Crippen LogP contribution in [0.5, 0.6) is 0 Å². The zero-order valence-corrected chi connectivity index (χ0v) is 16.5. The number of benzene rings is 2. The van der Waals surface area contributed by atoms with Gasteiger partial charge in [0.15, 0.2) is 0 Å². The first kappa shape index (κ1) is 19.4. The molecule has 3 rings (SSSR count). The molecule has 0 aliphatic heterocycles. The zero-order chi connectivity index (χ0) is 19.2. The minimum absolute atomic E-state index is 0.0491. The van der Waals surface area contributed by atoms with E-state index in [0.717, 1.165) is 15.7 Å². The number of anilines is 2. The predicted molar refractivity (Wildman–Crippen MR) is 108 cm³/mol. The van der Waals surface area contributed by atoms with Crippen LogP contribution in [-0.4, -0.2) is 27.2 Å². The minimum atomic E-state index is -1.33. The van der Waals surface area contributed by atoms with Crippen molar-refractivity contribution in [1.82, 2.24) is 4.98 Å². The summed E-state index contributed by atoms with van der Waals surface area (Å²) in [5.41, 5.74) is 2.01. The maximum absolute atomic E-state index is 12.1. The molecule has 1 amide bonds. The smallest absolute Gasteiger partial charge is 0.311 e. The van der Waals surface area contributed by atoms with Crippen LogP contribution in [-0.2, 0) is 17.8 Å². The maximum Gasteiger partial charge on any atom is 0.311 e. The van der Waals surface area contributed by atoms with Crippen molar-refractivity contribution in [2.75, 3.05) is 16.6 Å². The van der Waals surface area contributed by atoms with E-state index in [1.165, 1.54) is 12.5 Å². The highest BCUT2D eigenvalue weighted by Gasteiger charge is 2.26. The van der Waals surface area contributed by atoms with E-state index in [1.54, 1.807) is 18.2 Å². The average Bonchev–Trinajstić information content (AvgIpc) is 3.20. The fraction of sp³-hybridized carbons (Fsp3) is 0.111. The second-order valence-electron chi connectivity index (χ2n) is 5.48. The molecule has 0 saturated carbocycles. The molecule has 0 saturated heterocycles. The Morgan fingerprint density at radius 1 is 1.19 bits per heavy atom. The van der Waals surface area contributed by atoms with Crippen LogP contribution in [0.4, 0.5) is 11.4 Å². The number of aromatic nitrogens is 1. The summed E-state index contributed by atoms with van der Waals surface area (Å²) in [6, 6.07) is 12.5. The lowest BCUT2D eigenvalue weighted by Gasteiger charge is -2.09. The number of carbonyl (C=O) groups excluding carboxylic acids is 1. The van der Waals surface area contributed by atoms with Crippen LogP contribution in [0.1, 0.15) is 16.2 Å². The minimum Gasteiger partial charge on any atom is -0.441 e.